The molecule has 3 rings (SSSR count). The SMILES string of the molecule is CC1=C[C@]2(C)OC(=O)N(c3ccccc3)[C@@H]2[C@@H](C)C1=O. The maximum atomic E-state index is 12.3. The van der Waals surface area contributed by atoms with Gasteiger partial charge in [-0.05, 0) is 37.6 Å². The molecule has 1 aromatic carbocycles. The molecule has 0 N–H and O–H groups in total. The topological polar surface area (TPSA) is 46.6 Å². The second kappa shape index (κ2) is 4.20. The first-order valence-corrected chi connectivity index (χ1v) is 6.75. The van der Waals surface area contributed by atoms with E-state index in [1.54, 1.807) is 17.9 Å². The highest BCUT2D eigenvalue weighted by Crippen LogP contribution is 2.42. The summed E-state index contributed by atoms with van der Waals surface area (Å²) in [5.74, 6) is -0.205. The molecule has 0 spiro atoms. The summed E-state index contributed by atoms with van der Waals surface area (Å²) in [6, 6.07) is 9.05. The Morgan fingerprint density at radius 1 is 1.20 bits per heavy atom. The smallest absolute Gasteiger partial charge is 0.415 e. The highest BCUT2D eigenvalue weighted by Gasteiger charge is 2.56. The molecule has 4 heteroatoms. The van der Waals surface area contributed by atoms with Crippen molar-refractivity contribution in [2.24, 2.45) is 5.92 Å². The van der Waals surface area contributed by atoms with Crippen molar-refractivity contribution in [3.8, 4) is 0 Å². The fourth-order valence-electron chi connectivity index (χ4n) is 3.36. The van der Waals surface area contributed by atoms with Crippen LogP contribution in [0.1, 0.15) is 20.8 Å². The lowest BCUT2D eigenvalue weighted by atomic mass is 9.76. The van der Waals surface area contributed by atoms with Crippen LogP contribution in [0.3, 0.4) is 0 Å². The summed E-state index contributed by atoms with van der Waals surface area (Å²) in [5, 5.41) is 0. The number of fused-ring (bicyclic) bond motifs is 1. The Labute approximate surface area is 118 Å². The first-order valence-electron chi connectivity index (χ1n) is 6.75. The van der Waals surface area contributed by atoms with Crippen LogP contribution in [0.2, 0.25) is 0 Å². The van der Waals surface area contributed by atoms with Crippen LogP contribution in [0.15, 0.2) is 42.0 Å². The highest BCUT2D eigenvalue weighted by atomic mass is 16.6. The number of hydrogen-bond acceptors (Lipinski definition) is 3. The standard InChI is InChI=1S/C16H17NO3/c1-10-9-16(3)14(11(2)13(10)18)17(15(19)20-16)12-7-5-4-6-8-12/h4-9,11,14H,1-3H3/t11-,14+,16-/m0/s1. The van der Waals surface area contributed by atoms with Gasteiger partial charge in [0.25, 0.3) is 0 Å². The van der Waals surface area contributed by atoms with Crippen LogP contribution in [0.25, 0.3) is 0 Å². The normalized spacial score (nSPS) is 32.8. The molecular weight excluding hydrogens is 254 g/mol. The Morgan fingerprint density at radius 2 is 1.85 bits per heavy atom. The van der Waals surface area contributed by atoms with Gasteiger partial charge in [0.05, 0.1) is 6.04 Å². The molecule has 0 bridgehead atoms. The van der Waals surface area contributed by atoms with Crippen molar-refractivity contribution >= 4 is 17.6 Å². The van der Waals surface area contributed by atoms with Crippen molar-refractivity contribution < 1.29 is 14.3 Å². The summed E-state index contributed by atoms with van der Waals surface area (Å²) in [6.07, 6.45) is 1.38. The van der Waals surface area contributed by atoms with Gasteiger partial charge >= 0.3 is 6.09 Å². The van der Waals surface area contributed by atoms with E-state index in [0.717, 1.165) is 5.69 Å². The summed E-state index contributed by atoms with van der Waals surface area (Å²) < 4.78 is 5.57. The van der Waals surface area contributed by atoms with Gasteiger partial charge in [-0.25, -0.2) is 4.79 Å². The molecule has 1 aromatic rings. The van der Waals surface area contributed by atoms with Gasteiger partial charge in [0.2, 0.25) is 0 Å². The Hall–Kier alpha value is -2.10. The number of ketones is 1. The van der Waals surface area contributed by atoms with E-state index in [4.69, 9.17) is 4.74 Å². The third-order valence-corrected chi connectivity index (χ3v) is 4.18. The van der Waals surface area contributed by atoms with Crippen molar-refractivity contribution in [2.45, 2.75) is 32.4 Å². The lowest BCUT2D eigenvalue weighted by molar-refractivity contribution is -0.121. The second-order valence-corrected chi connectivity index (χ2v) is 5.68. The summed E-state index contributed by atoms with van der Waals surface area (Å²) >= 11 is 0. The van der Waals surface area contributed by atoms with E-state index in [0.29, 0.717) is 5.57 Å². The number of para-hydroxylation sites is 1. The Morgan fingerprint density at radius 3 is 2.50 bits per heavy atom. The minimum Gasteiger partial charge on any atom is -0.436 e. The number of nitrogens with zero attached hydrogens (tertiary/aromatic N) is 1. The van der Waals surface area contributed by atoms with E-state index in [2.05, 4.69) is 0 Å². The molecule has 104 valence electrons. The van der Waals surface area contributed by atoms with Crippen LogP contribution in [-0.2, 0) is 9.53 Å². The number of benzene rings is 1. The van der Waals surface area contributed by atoms with E-state index >= 15 is 0 Å². The number of Topliss-reactive ketones (excluding diaryl/α,β-unsaturated/α-hetero) is 1. The number of rotatable bonds is 1. The fourth-order valence-corrected chi connectivity index (χ4v) is 3.36. The highest BCUT2D eigenvalue weighted by molar-refractivity contribution is 6.02. The van der Waals surface area contributed by atoms with Crippen LogP contribution >= 0.6 is 0 Å². The minimum absolute atomic E-state index is 0.0757. The average Bonchev–Trinajstić information content (AvgIpc) is 2.68. The zero-order chi connectivity index (χ0) is 14.5. The first kappa shape index (κ1) is 12.9. The molecule has 1 heterocycles. The molecule has 0 aromatic heterocycles. The van der Waals surface area contributed by atoms with Crippen LogP contribution in [0.4, 0.5) is 10.5 Å². The van der Waals surface area contributed by atoms with Crippen LogP contribution in [-0.4, -0.2) is 23.5 Å². The van der Waals surface area contributed by atoms with Crippen LogP contribution in [0, 0.1) is 5.92 Å². The van der Waals surface area contributed by atoms with Crippen molar-refractivity contribution in [1.82, 2.24) is 0 Å². The quantitative estimate of drug-likeness (QED) is 0.789. The van der Waals surface area contributed by atoms with Gasteiger partial charge in [-0.3, -0.25) is 9.69 Å². The Bertz CT molecular complexity index is 607. The largest absolute Gasteiger partial charge is 0.436 e. The fraction of sp³-hybridized carbons (Fsp3) is 0.375. The molecule has 1 saturated heterocycles. The van der Waals surface area contributed by atoms with Crippen molar-refractivity contribution in [3.63, 3.8) is 0 Å². The molecule has 1 fully saturated rings. The summed E-state index contributed by atoms with van der Waals surface area (Å²) in [5.41, 5.74) is 0.683. The van der Waals surface area contributed by atoms with Crippen molar-refractivity contribution in [1.29, 1.82) is 0 Å². The lowest BCUT2D eigenvalue weighted by Crippen LogP contribution is -2.52. The summed E-state index contributed by atoms with van der Waals surface area (Å²) in [4.78, 5) is 26.1. The number of anilines is 1. The van der Waals surface area contributed by atoms with Gasteiger partial charge in [0, 0.05) is 11.6 Å². The summed E-state index contributed by atoms with van der Waals surface area (Å²) in [6.45, 7) is 5.50. The molecule has 1 aliphatic carbocycles. The average molecular weight is 271 g/mol. The zero-order valence-corrected chi connectivity index (χ0v) is 11.8. The van der Waals surface area contributed by atoms with Crippen LogP contribution < -0.4 is 4.90 Å². The van der Waals surface area contributed by atoms with E-state index in [1.807, 2.05) is 44.2 Å². The molecular formula is C16H17NO3. The monoisotopic (exact) mass is 271 g/mol. The van der Waals surface area contributed by atoms with Gasteiger partial charge in [-0.2, -0.15) is 0 Å². The third-order valence-electron chi connectivity index (χ3n) is 4.18. The molecule has 0 unspecified atom stereocenters. The summed E-state index contributed by atoms with van der Waals surface area (Å²) in [7, 11) is 0. The second-order valence-electron chi connectivity index (χ2n) is 5.68. The number of hydrogen-bond donors (Lipinski definition) is 0. The van der Waals surface area contributed by atoms with E-state index in [9.17, 15) is 9.59 Å². The minimum atomic E-state index is -0.746. The molecule has 2 aliphatic rings. The van der Waals surface area contributed by atoms with Gasteiger partial charge < -0.3 is 4.74 Å². The van der Waals surface area contributed by atoms with E-state index < -0.39 is 11.7 Å². The predicted octanol–water partition coefficient (Wildman–Crippen LogP) is 2.94. The Balaban J connectivity index is 2.11. The maximum Gasteiger partial charge on any atom is 0.415 e. The number of carbonyl (C=O) groups is 2. The van der Waals surface area contributed by atoms with Gasteiger partial charge in [-0.1, -0.05) is 25.1 Å². The molecule has 0 saturated carbocycles. The molecule has 0 radical (unpaired) electrons. The van der Waals surface area contributed by atoms with Gasteiger partial charge in [0.1, 0.15) is 0 Å². The van der Waals surface area contributed by atoms with Crippen LogP contribution in [0.5, 0.6) is 0 Å². The number of allylic oxidation sites excluding steroid dienone is 1. The van der Waals surface area contributed by atoms with E-state index in [-0.39, 0.29) is 17.7 Å². The lowest BCUT2D eigenvalue weighted by Gasteiger charge is -2.37. The molecule has 1 amide bonds. The van der Waals surface area contributed by atoms with E-state index in [1.165, 1.54) is 0 Å². The number of amides is 1. The van der Waals surface area contributed by atoms with Gasteiger partial charge in [0.15, 0.2) is 11.4 Å². The zero-order valence-electron chi connectivity index (χ0n) is 11.8. The van der Waals surface area contributed by atoms with Gasteiger partial charge in [-0.15, -0.1) is 0 Å². The molecule has 1 aliphatic heterocycles. The first-order chi connectivity index (χ1) is 9.44. The molecule has 3 atom stereocenters. The molecule has 4 nitrogen and oxygen atoms in total. The van der Waals surface area contributed by atoms with Crippen molar-refractivity contribution in [2.75, 3.05) is 4.90 Å². The third kappa shape index (κ3) is 1.68. The predicted molar refractivity (Wildman–Crippen MR) is 75.5 cm³/mol. The maximum absolute atomic E-state index is 12.3. The Kier molecular flexibility index (Phi) is 2.71. The van der Waals surface area contributed by atoms with Crippen molar-refractivity contribution in [3.05, 3.63) is 42.0 Å². The number of carbonyl (C=O) groups excluding carboxylic acids is 2. The molecule has 20 heavy (non-hydrogen) atoms. The number of ether oxygens (including phenoxy) is 1.